The summed E-state index contributed by atoms with van der Waals surface area (Å²) in [4.78, 5) is 12.4. The van der Waals surface area contributed by atoms with Gasteiger partial charge in [-0.05, 0) is 26.3 Å². The van der Waals surface area contributed by atoms with E-state index in [-0.39, 0.29) is 5.91 Å². The van der Waals surface area contributed by atoms with Crippen LogP contribution in [-0.4, -0.2) is 17.7 Å². The van der Waals surface area contributed by atoms with Crippen molar-refractivity contribution in [2.75, 3.05) is 6.61 Å². The Bertz CT molecular complexity index is 573. The number of nitrogens with one attached hydrogen (secondary N) is 1. The van der Waals surface area contributed by atoms with Crippen LogP contribution in [0.4, 0.5) is 0 Å². The number of hydrogen-bond donors (Lipinski definition) is 1. The van der Waals surface area contributed by atoms with E-state index in [1.165, 1.54) is 0 Å². The number of ether oxygens (including phenoxy) is 1. The number of rotatable bonds is 6. The highest BCUT2D eigenvalue weighted by Gasteiger charge is 2.21. The van der Waals surface area contributed by atoms with Crippen molar-refractivity contribution in [3.63, 3.8) is 0 Å². The number of amides is 1. The van der Waals surface area contributed by atoms with Gasteiger partial charge in [0, 0.05) is 18.7 Å². The van der Waals surface area contributed by atoms with Crippen molar-refractivity contribution in [3.8, 4) is 0 Å². The highest BCUT2D eigenvalue weighted by Crippen LogP contribution is 2.18. The fourth-order valence-electron chi connectivity index (χ4n) is 2.14. The van der Waals surface area contributed by atoms with Crippen molar-refractivity contribution in [1.82, 2.24) is 10.5 Å². The van der Waals surface area contributed by atoms with Gasteiger partial charge in [-0.25, -0.2) is 0 Å². The van der Waals surface area contributed by atoms with E-state index in [1.54, 1.807) is 0 Å². The zero-order valence-corrected chi connectivity index (χ0v) is 12.6. The molecule has 0 bridgehead atoms. The summed E-state index contributed by atoms with van der Waals surface area (Å²) < 4.78 is 10.7. The largest absolute Gasteiger partial charge is 0.364 e. The normalized spacial score (nSPS) is 12.1. The molecule has 0 saturated carbocycles. The second-order valence-electron chi connectivity index (χ2n) is 4.77. The number of hydrogen-bond acceptors (Lipinski definition) is 4. The molecule has 0 fully saturated rings. The minimum atomic E-state index is -0.600. The van der Waals surface area contributed by atoms with Crippen molar-refractivity contribution < 1.29 is 14.1 Å². The highest BCUT2D eigenvalue weighted by molar-refractivity contribution is 5.82. The second kappa shape index (κ2) is 7.04. The fraction of sp³-hybridized carbons (Fsp3) is 0.375. The predicted octanol–water partition coefficient (Wildman–Crippen LogP) is 2.69. The summed E-state index contributed by atoms with van der Waals surface area (Å²) in [5, 5.41) is 6.76. The summed E-state index contributed by atoms with van der Waals surface area (Å²) >= 11 is 0. The molecule has 0 aliphatic rings. The molecule has 1 aromatic heterocycles. The predicted molar refractivity (Wildman–Crippen MR) is 78.6 cm³/mol. The van der Waals surface area contributed by atoms with Gasteiger partial charge in [-0.2, -0.15) is 0 Å². The van der Waals surface area contributed by atoms with Crippen LogP contribution in [0.3, 0.4) is 0 Å². The Kier molecular flexibility index (Phi) is 5.11. The zero-order valence-electron chi connectivity index (χ0n) is 12.6. The van der Waals surface area contributed by atoms with Gasteiger partial charge in [-0.1, -0.05) is 35.5 Å². The van der Waals surface area contributed by atoms with Crippen LogP contribution in [0.25, 0.3) is 0 Å². The Morgan fingerprint density at radius 2 is 2.05 bits per heavy atom. The van der Waals surface area contributed by atoms with E-state index in [4.69, 9.17) is 9.26 Å². The molecule has 0 radical (unpaired) electrons. The summed E-state index contributed by atoms with van der Waals surface area (Å²) in [6.45, 7) is 6.42. The summed E-state index contributed by atoms with van der Waals surface area (Å²) in [5.41, 5.74) is 2.54. The number of benzene rings is 1. The molecule has 1 aromatic carbocycles. The average molecular weight is 288 g/mol. The van der Waals surface area contributed by atoms with E-state index in [2.05, 4.69) is 10.5 Å². The molecule has 2 rings (SSSR count). The van der Waals surface area contributed by atoms with Crippen LogP contribution in [0.2, 0.25) is 0 Å². The van der Waals surface area contributed by atoms with Gasteiger partial charge in [0.25, 0.3) is 5.91 Å². The number of carbonyl (C=O) groups is 1. The van der Waals surface area contributed by atoms with Gasteiger partial charge in [-0.15, -0.1) is 0 Å². The Morgan fingerprint density at radius 3 is 2.62 bits per heavy atom. The van der Waals surface area contributed by atoms with Gasteiger partial charge < -0.3 is 14.6 Å². The minimum Gasteiger partial charge on any atom is -0.364 e. The van der Waals surface area contributed by atoms with Crippen LogP contribution in [-0.2, 0) is 16.1 Å². The minimum absolute atomic E-state index is 0.164. The monoisotopic (exact) mass is 288 g/mol. The first-order chi connectivity index (χ1) is 10.1. The lowest BCUT2D eigenvalue weighted by molar-refractivity contribution is -0.133. The lowest BCUT2D eigenvalue weighted by Gasteiger charge is -2.17. The molecular formula is C16H20N2O3. The first kappa shape index (κ1) is 15.3. The summed E-state index contributed by atoms with van der Waals surface area (Å²) in [6, 6.07) is 9.46. The molecule has 0 unspecified atom stereocenters. The smallest absolute Gasteiger partial charge is 0.254 e. The molecule has 5 nitrogen and oxygen atoms in total. The molecule has 1 heterocycles. The van der Waals surface area contributed by atoms with E-state index in [0.717, 1.165) is 22.6 Å². The first-order valence-corrected chi connectivity index (χ1v) is 6.99. The maximum absolute atomic E-state index is 12.4. The quantitative estimate of drug-likeness (QED) is 0.887. The van der Waals surface area contributed by atoms with Gasteiger partial charge in [0.2, 0.25) is 0 Å². The van der Waals surface area contributed by atoms with Gasteiger partial charge >= 0.3 is 0 Å². The average Bonchev–Trinajstić information content (AvgIpc) is 2.82. The Labute approximate surface area is 124 Å². The number of nitrogens with zero attached hydrogens (tertiary/aromatic N) is 1. The van der Waals surface area contributed by atoms with Gasteiger partial charge in [0.05, 0.1) is 5.69 Å². The van der Waals surface area contributed by atoms with E-state index in [9.17, 15) is 4.79 Å². The van der Waals surface area contributed by atoms with Crippen LogP contribution in [0, 0.1) is 13.8 Å². The molecule has 0 saturated heterocycles. The third-order valence-corrected chi connectivity index (χ3v) is 3.29. The molecule has 0 spiro atoms. The maximum Gasteiger partial charge on any atom is 0.254 e. The van der Waals surface area contributed by atoms with E-state index >= 15 is 0 Å². The van der Waals surface area contributed by atoms with Crippen LogP contribution >= 0.6 is 0 Å². The van der Waals surface area contributed by atoms with Crippen molar-refractivity contribution in [3.05, 3.63) is 52.9 Å². The Balaban J connectivity index is 2.06. The molecule has 1 amide bonds. The molecule has 0 aliphatic heterocycles. The number of carbonyl (C=O) groups excluding carboxylic acids is 1. The fourth-order valence-corrected chi connectivity index (χ4v) is 2.14. The van der Waals surface area contributed by atoms with Crippen molar-refractivity contribution in [2.24, 2.45) is 0 Å². The lowest BCUT2D eigenvalue weighted by atomic mass is 10.1. The molecule has 0 aliphatic carbocycles. The topological polar surface area (TPSA) is 64.4 Å². The third-order valence-electron chi connectivity index (χ3n) is 3.29. The standard InChI is InChI=1S/C16H20N2O3/c1-4-20-15(13-8-6-5-7-9-13)16(19)17-10-14-11(2)18-21-12(14)3/h5-9,15H,4,10H2,1-3H3,(H,17,19)/t15-/m1/s1. The van der Waals surface area contributed by atoms with Gasteiger partial charge in [0.15, 0.2) is 6.10 Å². The third kappa shape index (κ3) is 3.70. The highest BCUT2D eigenvalue weighted by atomic mass is 16.5. The summed E-state index contributed by atoms with van der Waals surface area (Å²) in [6.07, 6.45) is -0.600. The lowest BCUT2D eigenvalue weighted by Crippen LogP contribution is -2.30. The van der Waals surface area contributed by atoms with E-state index in [1.807, 2.05) is 51.1 Å². The molecule has 2 aromatic rings. The molecule has 1 N–H and O–H groups in total. The van der Waals surface area contributed by atoms with Crippen LogP contribution in [0.1, 0.15) is 35.6 Å². The molecule has 5 heteroatoms. The van der Waals surface area contributed by atoms with Gasteiger partial charge in [-0.3, -0.25) is 4.79 Å². The number of aryl methyl sites for hydroxylation is 2. The van der Waals surface area contributed by atoms with Crippen LogP contribution < -0.4 is 5.32 Å². The van der Waals surface area contributed by atoms with E-state index < -0.39 is 6.10 Å². The molecule has 1 atom stereocenters. The van der Waals surface area contributed by atoms with Crippen molar-refractivity contribution in [1.29, 1.82) is 0 Å². The first-order valence-electron chi connectivity index (χ1n) is 6.99. The van der Waals surface area contributed by atoms with Crippen molar-refractivity contribution >= 4 is 5.91 Å². The van der Waals surface area contributed by atoms with Gasteiger partial charge in [0.1, 0.15) is 5.76 Å². The molecule has 21 heavy (non-hydrogen) atoms. The zero-order chi connectivity index (χ0) is 15.2. The van der Waals surface area contributed by atoms with Crippen LogP contribution in [0.15, 0.2) is 34.9 Å². The molecule has 112 valence electrons. The molecular weight excluding hydrogens is 268 g/mol. The summed E-state index contributed by atoms with van der Waals surface area (Å²) in [5.74, 6) is 0.559. The Morgan fingerprint density at radius 1 is 1.33 bits per heavy atom. The summed E-state index contributed by atoms with van der Waals surface area (Å²) in [7, 11) is 0. The maximum atomic E-state index is 12.4. The van der Waals surface area contributed by atoms with Crippen molar-refractivity contribution in [2.45, 2.75) is 33.4 Å². The van der Waals surface area contributed by atoms with E-state index in [0.29, 0.717) is 13.2 Å². The number of aromatic nitrogens is 1. The second-order valence-corrected chi connectivity index (χ2v) is 4.77. The van der Waals surface area contributed by atoms with Crippen LogP contribution in [0.5, 0.6) is 0 Å². The Hall–Kier alpha value is -2.14. The SMILES string of the molecule is CCO[C@@H](C(=O)NCc1c(C)noc1C)c1ccccc1.